The molecule has 2 amide bonds. The van der Waals surface area contributed by atoms with Crippen LogP contribution >= 0.6 is 11.3 Å². The minimum absolute atomic E-state index is 0.0585. The van der Waals surface area contributed by atoms with Gasteiger partial charge >= 0.3 is 0 Å². The molecule has 216 valence electrons. The molecular weight excluding hydrogens is 555 g/mol. The van der Waals surface area contributed by atoms with Crippen LogP contribution in [0.25, 0.3) is 0 Å². The molecule has 1 atom stereocenters. The minimum Gasteiger partial charge on any atom is -0.487 e. The predicted octanol–water partition coefficient (Wildman–Crippen LogP) is 5.12. The van der Waals surface area contributed by atoms with Crippen molar-refractivity contribution in [1.29, 1.82) is 0 Å². The van der Waals surface area contributed by atoms with E-state index in [0.29, 0.717) is 30.5 Å². The molecule has 9 nitrogen and oxygen atoms in total. The number of ether oxygens (including phenoxy) is 1. The number of halogens is 1. The number of hydrogen-bond acceptors (Lipinski definition) is 7. The van der Waals surface area contributed by atoms with Gasteiger partial charge in [-0.05, 0) is 79.8 Å². The quantitative estimate of drug-likeness (QED) is 0.274. The first-order chi connectivity index (χ1) is 20.5. The number of likely N-dealkylation sites (tertiary alicyclic amines) is 1. The Balaban J connectivity index is 0.962. The highest BCUT2D eigenvalue weighted by atomic mass is 32.1. The van der Waals surface area contributed by atoms with Crippen LogP contribution in [0.4, 0.5) is 15.2 Å². The average molecular weight is 587 g/mol. The van der Waals surface area contributed by atoms with Gasteiger partial charge in [0.2, 0.25) is 11.9 Å². The van der Waals surface area contributed by atoms with Gasteiger partial charge in [-0.3, -0.25) is 14.9 Å². The second kappa shape index (κ2) is 11.2. The van der Waals surface area contributed by atoms with Crippen LogP contribution in [0.2, 0.25) is 0 Å². The summed E-state index contributed by atoms with van der Waals surface area (Å²) in [5.74, 6) is 0.543. The Morgan fingerprint density at radius 2 is 1.93 bits per heavy atom. The predicted molar refractivity (Wildman–Crippen MR) is 157 cm³/mol. The summed E-state index contributed by atoms with van der Waals surface area (Å²) in [6.07, 6.45) is 7.37. The zero-order valence-electron chi connectivity index (χ0n) is 23.0. The maximum Gasteiger partial charge on any atom is 0.274 e. The van der Waals surface area contributed by atoms with Crippen molar-refractivity contribution in [2.24, 2.45) is 5.92 Å². The standard InChI is InChI=1S/C31H31FN6O3S/c32-28-15-20(11-12-33-28)16-36-13-1-4-27(36)29(39)35-31-34-25(19-42-31)26-3-2-14-38(26)22-7-9-23(10-8-22)41-24-17-37(18-24)30(40)21-5-6-21/h1,4,7-13,15,19,21,24,26H,2-3,5-6,14,16-18H2,(H,34,35,39). The lowest BCUT2D eigenvalue weighted by Crippen LogP contribution is -2.56. The van der Waals surface area contributed by atoms with E-state index in [0.717, 1.165) is 54.9 Å². The Labute approximate surface area is 246 Å². The summed E-state index contributed by atoms with van der Waals surface area (Å²) in [7, 11) is 0. The molecule has 1 aliphatic carbocycles. The van der Waals surface area contributed by atoms with E-state index in [1.54, 1.807) is 29.0 Å². The SMILES string of the molecule is O=C(Nc1nc(C2CCCN2c2ccc(OC3CN(C(=O)C4CC4)C3)cc2)cs1)c1cccn1Cc1ccnc(F)c1. The Morgan fingerprint density at radius 3 is 2.71 bits per heavy atom. The maximum atomic E-state index is 13.5. The Morgan fingerprint density at radius 1 is 1.10 bits per heavy atom. The van der Waals surface area contributed by atoms with Crippen molar-refractivity contribution in [1.82, 2.24) is 19.4 Å². The van der Waals surface area contributed by atoms with E-state index >= 15 is 0 Å². The molecule has 4 aromatic rings. The van der Waals surface area contributed by atoms with Crippen LogP contribution in [0, 0.1) is 11.9 Å². The van der Waals surface area contributed by atoms with Crippen LogP contribution in [-0.4, -0.2) is 57.0 Å². The van der Waals surface area contributed by atoms with E-state index in [9.17, 15) is 14.0 Å². The molecule has 11 heteroatoms. The van der Waals surface area contributed by atoms with E-state index in [1.165, 1.54) is 23.6 Å². The fraction of sp³-hybridized carbons (Fsp3) is 0.355. The molecule has 2 saturated heterocycles. The van der Waals surface area contributed by atoms with Gasteiger partial charge in [0, 0.05) is 42.5 Å². The molecule has 1 unspecified atom stereocenters. The number of rotatable bonds is 9. The summed E-state index contributed by atoms with van der Waals surface area (Å²) in [6, 6.07) is 14.9. The normalized spacial score (nSPS) is 18.6. The van der Waals surface area contributed by atoms with Crippen LogP contribution in [0.5, 0.6) is 5.75 Å². The summed E-state index contributed by atoms with van der Waals surface area (Å²) in [6.45, 7) is 2.63. The van der Waals surface area contributed by atoms with Crippen molar-refractivity contribution in [3.8, 4) is 5.75 Å². The molecule has 7 rings (SSSR count). The van der Waals surface area contributed by atoms with Gasteiger partial charge in [0.1, 0.15) is 17.5 Å². The fourth-order valence-electron chi connectivity index (χ4n) is 5.73. The number of hydrogen-bond donors (Lipinski definition) is 1. The van der Waals surface area contributed by atoms with Gasteiger partial charge in [0.15, 0.2) is 5.13 Å². The van der Waals surface area contributed by atoms with E-state index in [-0.39, 0.29) is 29.9 Å². The second-order valence-electron chi connectivity index (χ2n) is 11.1. The third-order valence-corrected chi connectivity index (χ3v) is 8.88. The summed E-state index contributed by atoms with van der Waals surface area (Å²) < 4.78 is 21.4. The third kappa shape index (κ3) is 5.61. The monoisotopic (exact) mass is 586 g/mol. The lowest BCUT2D eigenvalue weighted by atomic mass is 10.1. The first-order valence-electron chi connectivity index (χ1n) is 14.3. The summed E-state index contributed by atoms with van der Waals surface area (Å²) in [5.41, 5.74) is 3.23. The molecule has 1 aromatic carbocycles. The topological polar surface area (TPSA) is 92.6 Å². The molecular formula is C31H31FN6O3S. The van der Waals surface area contributed by atoms with Crippen LogP contribution in [-0.2, 0) is 11.3 Å². The number of thiazole rings is 1. The Bertz CT molecular complexity index is 1590. The van der Waals surface area contributed by atoms with Crippen LogP contribution in [0.1, 0.15) is 53.5 Å². The van der Waals surface area contributed by atoms with E-state index in [4.69, 9.17) is 9.72 Å². The van der Waals surface area contributed by atoms with Crippen molar-refractivity contribution in [2.75, 3.05) is 29.9 Å². The third-order valence-electron chi connectivity index (χ3n) is 8.10. The smallest absolute Gasteiger partial charge is 0.274 e. The molecule has 2 aliphatic heterocycles. The molecule has 3 aromatic heterocycles. The average Bonchev–Trinajstić information content (AvgIpc) is 3.30. The minimum atomic E-state index is -0.547. The molecule has 1 saturated carbocycles. The number of carbonyl (C=O) groups is 2. The van der Waals surface area contributed by atoms with Gasteiger partial charge in [-0.25, -0.2) is 9.97 Å². The van der Waals surface area contributed by atoms with Gasteiger partial charge in [-0.1, -0.05) is 0 Å². The number of pyridine rings is 1. The number of nitrogens with zero attached hydrogens (tertiary/aromatic N) is 5. The van der Waals surface area contributed by atoms with E-state index < -0.39 is 5.95 Å². The van der Waals surface area contributed by atoms with Crippen molar-refractivity contribution in [3.63, 3.8) is 0 Å². The Kier molecular flexibility index (Phi) is 7.10. The lowest BCUT2D eigenvalue weighted by molar-refractivity contribution is -0.141. The van der Waals surface area contributed by atoms with Gasteiger partial charge in [-0.15, -0.1) is 11.3 Å². The van der Waals surface area contributed by atoms with Crippen LogP contribution < -0.4 is 15.0 Å². The van der Waals surface area contributed by atoms with Gasteiger partial charge in [0.05, 0.1) is 24.8 Å². The first kappa shape index (κ1) is 26.6. The number of benzene rings is 1. The number of aromatic nitrogens is 3. The zero-order chi connectivity index (χ0) is 28.6. The van der Waals surface area contributed by atoms with Gasteiger partial charge < -0.3 is 19.1 Å². The molecule has 0 radical (unpaired) electrons. The highest BCUT2D eigenvalue weighted by molar-refractivity contribution is 7.14. The maximum absolute atomic E-state index is 13.5. The van der Waals surface area contributed by atoms with Crippen molar-refractivity contribution >= 4 is 34.0 Å². The summed E-state index contributed by atoms with van der Waals surface area (Å²) >= 11 is 1.41. The summed E-state index contributed by atoms with van der Waals surface area (Å²) in [4.78, 5) is 37.9. The molecule has 3 fully saturated rings. The molecule has 5 heterocycles. The number of carbonyl (C=O) groups excluding carboxylic acids is 2. The summed E-state index contributed by atoms with van der Waals surface area (Å²) in [5, 5.41) is 5.50. The van der Waals surface area contributed by atoms with Crippen LogP contribution in [0.15, 0.2) is 66.3 Å². The largest absolute Gasteiger partial charge is 0.487 e. The molecule has 0 bridgehead atoms. The van der Waals surface area contributed by atoms with Crippen molar-refractivity contribution in [3.05, 3.63) is 89.2 Å². The van der Waals surface area contributed by atoms with Gasteiger partial charge in [-0.2, -0.15) is 4.39 Å². The Hall–Kier alpha value is -4.25. The highest BCUT2D eigenvalue weighted by Gasteiger charge is 2.40. The van der Waals surface area contributed by atoms with Crippen molar-refractivity contribution < 1.29 is 18.7 Å². The highest BCUT2D eigenvalue weighted by Crippen LogP contribution is 2.38. The zero-order valence-corrected chi connectivity index (χ0v) is 23.8. The second-order valence-corrected chi connectivity index (χ2v) is 12.0. The van der Waals surface area contributed by atoms with Crippen molar-refractivity contribution in [2.45, 2.75) is 44.4 Å². The fourth-order valence-corrected chi connectivity index (χ4v) is 6.48. The lowest BCUT2D eigenvalue weighted by Gasteiger charge is -2.39. The molecule has 0 spiro atoms. The van der Waals surface area contributed by atoms with E-state index in [2.05, 4.69) is 27.3 Å². The molecule has 3 aliphatic rings. The molecule has 1 N–H and O–H groups in total. The first-order valence-corrected chi connectivity index (χ1v) is 15.2. The molecule has 42 heavy (non-hydrogen) atoms. The number of anilines is 2. The van der Waals surface area contributed by atoms with Gasteiger partial charge in [0.25, 0.3) is 5.91 Å². The number of nitrogens with one attached hydrogen (secondary N) is 1. The number of amides is 2. The van der Waals surface area contributed by atoms with E-state index in [1.807, 2.05) is 22.4 Å². The van der Waals surface area contributed by atoms with Crippen LogP contribution in [0.3, 0.4) is 0 Å².